The number of imide groups is 1. The third kappa shape index (κ3) is 3.25. The Morgan fingerprint density at radius 3 is 2.00 bits per heavy atom. The molecule has 1 unspecified atom stereocenters. The molecule has 0 radical (unpaired) electrons. The quantitative estimate of drug-likeness (QED) is 0.633. The Labute approximate surface area is 106 Å². The fraction of sp³-hybridized carbons (Fsp3) is 0.545. The van der Waals surface area contributed by atoms with Crippen molar-refractivity contribution in [1.29, 1.82) is 0 Å². The van der Waals surface area contributed by atoms with Gasteiger partial charge in [-0.05, 0) is 0 Å². The van der Waals surface area contributed by atoms with Gasteiger partial charge in [-0.3, -0.25) is 19.3 Å². The zero-order valence-electron chi connectivity index (χ0n) is 10.4. The Hall–Kier alpha value is -1.50. The molecule has 0 spiro atoms. The van der Waals surface area contributed by atoms with Crippen molar-refractivity contribution in [3.05, 3.63) is 12.2 Å². The lowest BCUT2D eigenvalue weighted by atomic mass is 10.0. The van der Waals surface area contributed by atoms with Crippen molar-refractivity contribution in [2.75, 3.05) is 12.0 Å². The first kappa shape index (κ1) is 14.6. The summed E-state index contributed by atoms with van der Waals surface area (Å²) in [5.74, 6) is -2.74. The van der Waals surface area contributed by atoms with E-state index in [0.717, 1.165) is 18.4 Å². The first-order valence-corrected chi connectivity index (χ1v) is 7.46. The van der Waals surface area contributed by atoms with Crippen molar-refractivity contribution in [1.82, 2.24) is 4.90 Å². The number of Topliss-reactive ketones (excluding diaryl/α,β-unsaturated/α-hetero) is 1. The monoisotopic (exact) mass is 273 g/mol. The Morgan fingerprint density at radius 1 is 1.22 bits per heavy atom. The van der Waals surface area contributed by atoms with Gasteiger partial charge < -0.3 is 0 Å². The molecule has 18 heavy (non-hydrogen) atoms. The average Bonchev–Trinajstić information content (AvgIpc) is 2.53. The number of nitrogens with zero attached hydrogens (tertiary/aromatic N) is 1. The fourth-order valence-corrected chi connectivity index (χ4v) is 2.56. The van der Waals surface area contributed by atoms with E-state index in [1.54, 1.807) is 13.8 Å². The molecule has 100 valence electrons. The van der Waals surface area contributed by atoms with E-state index >= 15 is 0 Å². The van der Waals surface area contributed by atoms with Crippen LogP contribution in [0, 0.1) is 5.92 Å². The van der Waals surface area contributed by atoms with E-state index in [1.807, 2.05) is 0 Å². The molecule has 1 heterocycles. The molecular formula is C11H15NO5S. The van der Waals surface area contributed by atoms with Crippen molar-refractivity contribution in [2.45, 2.75) is 19.9 Å². The van der Waals surface area contributed by atoms with Crippen LogP contribution in [0.5, 0.6) is 0 Å². The molecule has 0 bridgehead atoms. The van der Waals surface area contributed by atoms with Crippen molar-refractivity contribution in [3.63, 3.8) is 0 Å². The van der Waals surface area contributed by atoms with Crippen LogP contribution in [-0.2, 0) is 24.2 Å². The third-order valence-corrected chi connectivity index (χ3v) is 3.43. The summed E-state index contributed by atoms with van der Waals surface area (Å²) < 4.78 is 22.6. The summed E-state index contributed by atoms with van der Waals surface area (Å²) in [6, 6.07) is -1.24. The third-order valence-electron chi connectivity index (χ3n) is 2.51. The Morgan fingerprint density at radius 2 is 1.67 bits per heavy atom. The predicted octanol–water partition coefficient (Wildman–Crippen LogP) is -0.450. The maximum absolute atomic E-state index is 12.0. The van der Waals surface area contributed by atoms with Gasteiger partial charge >= 0.3 is 0 Å². The van der Waals surface area contributed by atoms with Crippen LogP contribution in [0.25, 0.3) is 0 Å². The van der Waals surface area contributed by atoms with E-state index in [1.165, 1.54) is 0 Å². The minimum absolute atomic E-state index is 0.439. The minimum atomic E-state index is -3.48. The Bertz CT molecular complexity index is 500. The van der Waals surface area contributed by atoms with E-state index in [4.69, 9.17) is 0 Å². The molecule has 1 aliphatic heterocycles. The first-order valence-electron chi connectivity index (χ1n) is 5.40. The van der Waals surface area contributed by atoms with Crippen LogP contribution in [0.4, 0.5) is 0 Å². The van der Waals surface area contributed by atoms with Gasteiger partial charge in [-0.25, -0.2) is 8.42 Å². The number of sulfone groups is 1. The van der Waals surface area contributed by atoms with Gasteiger partial charge in [-0.15, -0.1) is 0 Å². The van der Waals surface area contributed by atoms with Crippen molar-refractivity contribution < 1.29 is 22.8 Å². The van der Waals surface area contributed by atoms with Crippen LogP contribution in [0.2, 0.25) is 0 Å². The molecule has 1 rings (SSSR count). The van der Waals surface area contributed by atoms with Crippen LogP contribution in [0.1, 0.15) is 13.8 Å². The molecule has 2 amide bonds. The van der Waals surface area contributed by atoms with Gasteiger partial charge in [0.25, 0.3) is 11.8 Å². The average molecular weight is 273 g/mol. The lowest BCUT2D eigenvalue weighted by Gasteiger charge is -2.25. The Kier molecular flexibility index (Phi) is 4.05. The lowest BCUT2D eigenvalue weighted by molar-refractivity contribution is -0.144. The summed E-state index contributed by atoms with van der Waals surface area (Å²) in [5.41, 5.74) is 0. The number of rotatable bonds is 5. The molecule has 0 N–H and O–H groups in total. The SMILES string of the molecule is CC(C)C(=O)C(CS(C)(=O)=O)N1C(=O)C=CC1=O. The van der Waals surface area contributed by atoms with Gasteiger partial charge in [0.1, 0.15) is 15.9 Å². The molecule has 0 aliphatic carbocycles. The number of hydrogen-bond acceptors (Lipinski definition) is 5. The first-order chi connectivity index (χ1) is 8.13. The molecule has 0 fully saturated rings. The second-order valence-electron chi connectivity index (χ2n) is 4.55. The zero-order valence-corrected chi connectivity index (χ0v) is 11.2. The Balaban J connectivity index is 3.09. The van der Waals surface area contributed by atoms with E-state index in [-0.39, 0.29) is 0 Å². The minimum Gasteiger partial charge on any atom is -0.297 e. The molecule has 0 aromatic heterocycles. The van der Waals surface area contributed by atoms with Crippen LogP contribution in [0.15, 0.2) is 12.2 Å². The summed E-state index contributed by atoms with van der Waals surface area (Å²) in [5, 5.41) is 0. The molecule has 1 aliphatic rings. The van der Waals surface area contributed by atoms with E-state index in [0.29, 0.717) is 4.90 Å². The second kappa shape index (κ2) is 5.01. The molecule has 0 aromatic rings. The fourth-order valence-electron chi connectivity index (χ4n) is 1.67. The number of carbonyl (C=O) groups is 3. The van der Waals surface area contributed by atoms with E-state index < -0.39 is 45.1 Å². The van der Waals surface area contributed by atoms with Crippen LogP contribution >= 0.6 is 0 Å². The van der Waals surface area contributed by atoms with Crippen LogP contribution in [-0.4, -0.2) is 49.0 Å². The summed E-state index contributed by atoms with van der Waals surface area (Å²) in [6.07, 6.45) is 3.03. The summed E-state index contributed by atoms with van der Waals surface area (Å²) in [6.45, 7) is 3.19. The standard InChI is InChI=1S/C11H15NO5S/c1-7(2)11(15)8(6-18(3,16)17)12-9(13)4-5-10(12)14/h4-5,7-8H,6H2,1-3H3. The molecule has 0 saturated carbocycles. The van der Waals surface area contributed by atoms with E-state index in [9.17, 15) is 22.8 Å². The van der Waals surface area contributed by atoms with Gasteiger partial charge in [0, 0.05) is 24.3 Å². The maximum Gasteiger partial charge on any atom is 0.254 e. The van der Waals surface area contributed by atoms with Crippen molar-refractivity contribution >= 4 is 27.4 Å². The maximum atomic E-state index is 12.0. The van der Waals surface area contributed by atoms with Gasteiger partial charge in [-0.1, -0.05) is 13.8 Å². The second-order valence-corrected chi connectivity index (χ2v) is 6.73. The summed E-state index contributed by atoms with van der Waals surface area (Å²) >= 11 is 0. The highest BCUT2D eigenvalue weighted by atomic mass is 32.2. The molecule has 0 aromatic carbocycles. The number of ketones is 1. The van der Waals surface area contributed by atoms with E-state index in [2.05, 4.69) is 0 Å². The highest BCUT2D eigenvalue weighted by Gasteiger charge is 2.38. The van der Waals surface area contributed by atoms with Gasteiger partial charge in [0.15, 0.2) is 5.78 Å². The molecule has 0 saturated heterocycles. The zero-order chi connectivity index (χ0) is 14.1. The highest BCUT2D eigenvalue weighted by Crippen LogP contribution is 2.15. The van der Waals surface area contributed by atoms with Crippen molar-refractivity contribution in [2.24, 2.45) is 5.92 Å². The smallest absolute Gasteiger partial charge is 0.254 e. The molecular weight excluding hydrogens is 258 g/mol. The van der Waals surface area contributed by atoms with Crippen LogP contribution < -0.4 is 0 Å². The van der Waals surface area contributed by atoms with Crippen LogP contribution in [0.3, 0.4) is 0 Å². The molecule has 6 nitrogen and oxygen atoms in total. The summed E-state index contributed by atoms with van der Waals surface area (Å²) in [7, 11) is -3.48. The number of hydrogen-bond donors (Lipinski definition) is 0. The number of amides is 2. The van der Waals surface area contributed by atoms with Gasteiger partial charge in [0.2, 0.25) is 0 Å². The lowest BCUT2D eigenvalue weighted by Crippen LogP contribution is -2.50. The number of carbonyl (C=O) groups excluding carboxylic acids is 3. The van der Waals surface area contributed by atoms with Gasteiger partial charge in [0.05, 0.1) is 5.75 Å². The molecule has 1 atom stereocenters. The summed E-state index contributed by atoms with van der Waals surface area (Å²) in [4.78, 5) is 35.7. The predicted molar refractivity (Wildman–Crippen MR) is 64.3 cm³/mol. The highest BCUT2D eigenvalue weighted by molar-refractivity contribution is 7.90. The van der Waals surface area contributed by atoms with Crippen molar-refractivity contribution in [3.8, 4) is 0 Å². The topological polar surface area (TPSA) is 88.6 Å². The molecule has 7 heteroatoms. The van der Waals surface area contributed by atoms with Gasteiger partial charge in [-0.2, -0.15) is 0 Å². The normalized spacial score (nSPS) is 17.7. The largest absolute Gasteiger partial charge is 0.297 e.